The van der Waals surface area contributed by atoms with E-state index in [9.17, 15) is 4.79 Å². The molecule has 1 heterocycles. The number of halogens is 1. The summed E-state index contributed by atoms with van der Waals surface area (Å²) in [5.41, 5.74) is 3.71. The van der Waals surface area contributed by atoms with E-state index in [2.05, 4.69) is 46.8 Å². The Bertz CT molecular complexity index is 681. The van der Waals surface area contributed by atoms with Gasteiger partial charge in [0.1, 0.15) is 0 Å². The fourth-order valence-corrected chi connectivity index (χ4v) is 3.63. The third kappa shape index (κ3) is 2.66. The Morgan fingerprint density at radius 3 is 2.67 bits per heavy atom. The molecule has 1 aliphatic heterocycles. The van der Waals surface area contributed by atoms with Crippen LogP contribution >= 0.6 is 15.9 Å². The van der Waals surface area contributed by atoms with Crippen LogP contribution in [0.1, 0.15) is 22.6 Å². The molecule has 1 aliphatic rings. The number of hydrogen-bond acceptors (Lipinski definition) is 1. The van der Waals surface area contributed by atoms with Crippen LogP contribution in [0.15, 0.2) is 65.7 Å². The average Bonchev–Trinajstić information content (AvgIpc) is 2.54. The predicted molar refractivity (Wildman–Crippen MR) is 88.0 cm³/mol. The minimum Gasteiger partial charge on any atom is -0.334 e. The Balaban J connectivity index is 2.10. The summed E-state index contributed by atoms with van der Waals surface area (Å²) in [6.45, 7) is 4.93. The first-order chi connectivity index (χ1) is 10.2. The van der Waals surface area contributed by atoms with Gasteiger partial charge < -0.3 is 4.90 Å². The molecule has 106 valence electrons. The lowest BCUT2D eigenvalue weighted by Crippen LogP contribution is -2.37. The third-order valence-electron chi connectivity index (χ3n) is 3.94. The van der Waals surface area contributed by atoms with Crippen LogP contribution in [-0.2, 0) is 11.3 Å². The minimum atomic E-state index is -0.0124. The van der Waals surface area contributed by atoms with Gasteiger partial charge in [-0.15, -0.1) is 0 Å². The first-order valence-corrected chi connectivity index (χ1v) is 7.73. The van der Waals surface area contributed by atoms with Crippen LogP contribution in [0.5, 0.6) is 0 Å². The van der Waals surface area contributed by atoms with E-state index in [1.165, 1.54) is 22.8 Å². The van der Waals surface area contributed by atoms with Gasteiger partial charge in [-0.3, -0.25) is 4.79 Å². The number of benzene rings is 2. The maximum absolute atomic E-state index is 12.0. The van der Waals surface area contributed by atoms with E-state index in [-0.39, 0.29) is 11.8 Å². The van der Waals surface area contributed by atoms with Crippen LogP contribution in [-0.4, -0.2) is 17.4 Å². The molecule has 0 aromatic heterocycles. The average molecular weight is 342 g/mol. The van der Waals surface area contributed by atoms with E-state index < -0.39 is 0 Å². The second-order valence-electron chi connectivity index (χ2n) is 5.20. The van der Waals surface area contributed by atoms with E-state index >= 15 is 0 Å². The Labute approximate surface area is 133 Å². The van der Waals surface area contributed by atoms with Gasteiger partial charge in [-0.25, -0.2) is 0 Å². The van der Waals surface area contributed by atoms with Gasteiger partial charge in [0.05, 0.1) is 0 Å². The van der Waals surface area contributed by atoms with Crippen LogP contribution in [0.25, 0.3) is 0 Å². The summed E-state index contributed by atoms with van der Waals surface area (Å²) in [7, 11) is 0. The first-order valence-electron chi connectivity index (χ1n) is 6.94. The quantitative estimate of drug-likeness (QED) is 0.752. The minimum absolute atomic E-state index is 0.0124. The van der Waals surface area contributed by atoms with Gasteiger partial charge in [-0.05, 0) is 28.8 Å². The summed E-state index contributed by atoms with van der Waals surface area (Å²) in [6.07, 6.45) is 1.39. The maximum atomic E-state index is 12.0. The van der Waals surface area contributed by atoms with Crippen molar-refractivity contribution in [1.82, 2.24) is 4.90 Å². The highest BCUT2D eigenvalue weighted by molar-refractivity contribution is 9.10. The van der Waals surface area contributed by atoms with Crippen molar-refractivity contribution in [2.75, 3.05) is 6.54 Å². The van der Waals surface area contributed by atoms with E-state index in [0.29, 0.717) is 13.1 Å². The molecule has 1 amide bonds. The molecule has 0 unspecified atom stereocenters. The lowest BCUT2D eigenvalue weighted by Gasteiger charge is -2.35. The second-order valence-corrected chi connectivity index (χ2v) is 6.05. The van der Waals surface area contributed by atoms with Gasteiger partial charge in [0.2, 0.25) is 5.91 Å². The monoisotopic (exact) mass is 341 g/mol. The van der Waals surface area contributed by atoms with Crippen molar-refractivity contribution >= 4 is 21.8 Å². The predicted octanol–water partition coefficient (Wildman–Crippen LogP) is 4.11. The van der Waals surface area contributed by atoms with Crippen LogP contribution in [0.2, 0.25) is 0 Å². The molecule has 2 aromatic rings. The highest BCUT2D eigenvalue weighted by atomic mass is 79.9. The van der Waals surface area contributed by atoms with Gasteiger partial charge in [0, 0.05) is 23.5 Å². The van der Waals surface area contributed by atoms with Crippen molar-refractivity contribution in [2.45, 2.75) is 12.5 Å². The molecule has 0 bridgehead atoms. The lowest BCUT2D eigenvalue weighted by molar-refractivity contribution is -0.127. The fraction of sp³-hybridized carbons (Fsp3) is 0.167. The summed E-state index contributed by atoms with van der Waals surface area (Å²) in [6, 6.07) is 16.5. The van der Waals surface area contributed by atoms with E-state index in [4.69, 9.17) is 0 Å². The zero-order valence-corrected chi connectivity index (χ0v) is 13.2. The Morgan fingerprint density at radius 2 is 1.95 bits per heavy atom. The van der Waals surface area contributed by atoms with Gasteiger partial charge in [-0.2, -0.15) is 0 Å². The summed E-state index contributed by atoms with van der Waals surface area (Å²) < 4.78 is 1.11. The molecule has 0 radical (unpaired) electrons. The largest absolute Gasteiger partial charge is 0.334 e. The first kappa shape index (κ1) is 14.1. The van der Waals surface area contributed by atoms with Crippen molar-refractivity contribution in [3.8, 4) is 0 Å². The molecular weight excluding hydrogens is 326 g/mol. The third-order valence-corrected chi connectivity index (χ3v) is 4.64. The zero-order chi connectivity index (χ0) is 14.8. The van der Waals surface area contributed by atoms with E-state index in [0.717, 1.165) is 4.47 Å². The standard InChI is InChI=1S/C18H16BrNO/c1-2-17(21)20-11-14-9-6-10-16(19)18(14)15(12-20)13-7-4-3-5-8-13/h2-10,15H,1,11-12H2/t15-/m0/s1. The number of carbonyl (C=O) groups is 1. The highest BCUT2D eigenvalue weighted by Crippen LogP contribution is 2.38. The number of rotatable bonds is 2. The number of nitrogens with zero attached hydrogens (tertiary/aromatic N) is 1. The summed E-state index contributed by atoms with van der Waals surface area (Å²) >= 11 is 3.67. The van der Waals surface area contributed by atoms with E-state index in [1.807, 2.05) is 29.2 Å². The normalized spacial score (nSPS) is 17.2. The number of amides is 1. The highest BCUT2D eigenvalue weighted by Gasteiger charge is 2.29. The molecule has 2 nitrogen and oxygen atoms in total. The molecule has 1 atom stereocenters. The van der Waals surface area contributed by atoms with Crippen LogP contribution in [0, 0.1) is 0 Å². The van der Waals surface area contributed by atoms with E-state index in [1.54, 1.807) is 0 Å². The zero-order valence-electron chi connectivity index (χ0n) is 11.6. The van der Waals surface area contributed by atoms with Gasteiger partial charge >= 0.3 is 0 Å². The van der Waals surface area contributed by atoms with Crippen molar-refractivity contribution in [3.63, 3.8) is 0 Å². The SMILES string of the molecule is C=CC(=O)N1Cc2cccc(Br)c2[C@H](c2ccccc2)C1. The van der Waals surface area contributed by atoms with Crippen molar-refractivity contribution in [2.24, 2.45) is 0 Å². The fourth-order valence-electron chi connectivity index (χ4n) is 2.95. The van der Waals surface area contributed by atoms with Gasteiger partial charge in [-0.1, -0.05) is 65.0 Å². The molecule has 0 saturated heterocycles. The molecular formula is C18H16BrNO. The molecule has 2 aromatic carbocycles. The van der Waals surface area contributed by atoms with Gasteiger partial charge in [0.25, 0.3) is 0 Å². The summed E-state index contributed by atoms with van der Waals surface area (Å²) in [4.78, 5) is 13.9. The topological polar surface area (TPSA) is 20.3 Å². The Kier molecular flexibility index (Phi) is 3.93. The van der Waals surface area contributed by atoms with Crippen LogP contribution in [0.4, 0.5) is 0 Å². The summed E-state index contributed by atoms with van der Waals surface area (Å²) in [5.74, 6) is 0.177. The Morgan fingerprint density at radius 1 is 1.19 bits per heavy atom. The molecule has 0 fully saturated rings. The van der Waals surface area contributed by atoms with Gasteiger partial charge in [0.15, 0.2) is 0 Å². The number of hydrogen-bond donors (Lipinski definition) is 0. The Hall–Kier alpha value is -1.87. The van der Waals surface area contributed by atoms with Crippen LogP contribution < -0.4 is 0 Å². The van der Waals surface area contributed by atoms with Crippen LogP contribution in [0.3, 0.4) is 0 Å². The number of carbonyl (C=O) groups excluding carboxylic acids is 1. The molecule has 0 saturated carbocycles. The summed E-state index contributed by atoms with van der Waals surface area (Å²) in [5, 5.41) is 0. The van der Waals surface area contributed by atoms with Crippen molar-refractivity contribution in [3.05, 3.63) is 82.3 Å². The maximum Gasteiger partial charge on any atom is 0.246 e. The molecule has 3 rings (SSSR count). The van der Waals surface area contributed by atoms with Crippen molar-refractivity contribution in [1.29, 1.82) is 0 Å². The molecule has 0 spiro atoms. The smallest absolute Gasteiger partial charge is 0.246 e. The van der Waals surface area contributed by atoms with Crippen molar-refractivity contribution < 1.29 is 4.79 Å². The molecule has 3 heteroatoms. The number of fused-ring (bicyclic) bond motifs is 1. The molecule has 21 heavy (non-hydrogen) atoms. The second kappa shape index (κ2) is 5.86. The molecule has 0 aliphatic carbocycles. The lowest BCUT2D eigenvalue weighted by atomic mass is 9.84. The molecule has 0 N–H and O–H groups in total.